The minimum absolute atomic E-state index is 0.119. The molecule has 2 heterocycles. The van der Waals surface area contributed by atoms with E-state index in [9.17, 15) is 9.59 Å². The van der Waals surface area contributed by atoms with Gasteiger partial charge in [-0.1, -0.05) is 22.9 Å². The third-order valence-corrected chi connectivity index (χ3v) is 5.81. The summed E-state index contributed by atoms with van der Waals surface area (Å²) >= 11 is 7.55. The number of nitrogens with zero attached hydrogens (tertiary/aromatic N) is 2. The number of amides is 1. The van der Waals surface area contributed by atoms with E-state index in [-0.39, 0.29) is 17.9 Å². The first kappa shape index (κ1) is 17.9. The fourth-order valence-corrected chi connectivity index (χ4v) is 4.02. The van der Waals surface area contributed by atoms with Gasteiger partial charge in [-0.3, -0.25) is 4.79 Å². The molecule has 4 rings (SSSR count). The molecule has 1 aliphatic carbocycles. The Labute approximate surface area is 163 Å². The minimum Gasteiger partial charge on any atom is -0.495 e. The molecule has 9 heteroatoms. The summed E-state index contributed by atoms with van der Waals surface area (Å²) in [6, 6.07) is 3.23. The first-order valence-electron chi connectivity index (χ1n) is 8.39. The molecule has 2 aromatic heterocycles. The molecule has 27 heavy (non-hydrogen) atoms. The van der Waals surface area contributed by atoms with Gasteiger partial charge in [0.1, 0.15) is 16.3 Å². The van der Waals surface area contributed by atoms with Gasteiger partial charge < -0.3 is 14.5 Å². The van der Waals surface area contributed by atoms with E-state index in [0.29, 0.717) is 38.4 Å². The number of aryl methyl sites for hydroxylation is 1. The number of carbonyl (C=O) groups is 1. The van der Waals surface area contributed by atoms with Gasteiger partial charge in [-0.05, 0) is 31.4 Å². The average Bonchev–Trinajstić information content (AvgIpc) is 3.39. The number of benzene rings is 1. The van der Waals surface area contributed by atoms with E-state index in [0.717, 1.165) is 17.8 Å². The Bertz CT molecular complexity index is 1100. The maximum atomic E-state index is 12.4. The Balaban J connectivity index is 1.60. The molecule has 0 atom stereocenters. The van der Waals surface area contributed by atoms with Crippen LogP contribution in [0.1, 0.15) is 34.9 Å². The lowest BCUT2D eigenvalue weighted by Gasteiger charge is -2.10. The highest BCUT2D eigenvalue weighted by Crippen LogP contribution is 2.42. The molecule has 0 aliphatic heterocycles. The van der Waals surface area contributed by atoms with Crippen LogP contribution in [0.3, 0.4) is 0 Å². The maximum absolute atomic E-state index is 12.4. The quantitative estimate of drug-likeness (QED) is 0.651. The van der Waals surface area contributed by atoms with Gasteiger partial charge >= 0.3 is 5.63 Å². The Morgan fingerprint density at radius 1 is 1.41 bits per heavy atom. The zero-order valence-corrected chi connectivity index (χ0v) is 16.2. The molecule has 1 amide bonds. The molecule has 1 aromatic carbocycles. The lowest BCUT2D eigenvalue weighted by Crippen LogP contribution is -2.20. The van der Waals surface area contributed by atoms with Gasteiger partial charge in [0, 0.05) is 17.4 Å². The predicted octanol–water partition coefficient (Wildman–Crippen LogP) is 3.67. The van der Waals surface area contributed by atoms with Crippen LogP contribution in [0.5, 0.6) is 5.75 Å². The van der Waals surface area contributed by atoms with Gasteiger partial charge in [0.25, 0.3) is 0 Å². The predicted molar refractivity (Wildman–Crippen MR) is 103 cm³/mol. The molecule has 0 spiro atoms. The van der Waals surface area contributed by atoms with Crippen molar-refractivity contribution in [3.8, 4) is 5.75 Å². The fourth-order valence-electron chi connectivity index (χ4n) is 2.85. The van der Waals surface area contributed by atoms with Gasteiger partial charge in [0.15, 0.2) is 0 Å². The monoisotopic (exact) mass is 405 g/mol. The first-order valence-corrected chi connectivity index (χ1v) is 9.58. The first-order chi connectivity index (χ1) is 13.0. The highest BCUT2D eigenvalue weighted by molar-refractivity contribution is 7.15. The number of halogens is 1. The molecular weight excluding hydrogens is 390 g/mol. The number of ether oxygens (including phenoxy) is 1. The minimum atomic E-state index is -0.560. The Morgan fingerprint density at radius 2 is 2.19 bits per heavy atom. The van der Waals surface area contributed by atoms with Crippen LogP contribution in [-0.4, -0.2) is 23.2 Å². The Morgan fingerprint density at radius 3 is 2.89 bits per heavy atom. The van der Waals surface area contributed by atoms with E-state index in [1.165, 1.54) is 18.4 Å². The number of aromatic nitrogens is 2. The standard InChI is InChI=1S/C18H16ClN3O4S/c1-8-10-5-12(19)14(25-2)7-13(10)26-17(24)11(8)6-15(23)20-18-22-21-16(27-18)9-3-4-9/h5,7,9H,3-4,6H2,1-2H3,(H,20,22,23). The van der Waals surface area contributed by atoms with Crippen molar-refractivity contribution in [2.75, 3.05) is 12.4 Å². The summed E-state index contributed by atoms with van der Waals surface area (Å²) in [4.78, 5) is 24.8. The molecular formula is C18H16ClN3O4S. The van der Waals surface area contributed by atoms with Crippen molar-refractivity contribution in [2.24, 2.45) is 0 Å². The molecule has 0 bridgehead atoms. The summed E-state index contributed by atoms with van der Waals surface area (Å²) in [5, 5.41) is 13.2. The maximum Gasteiger partial charge on any atom is 0.340 e. The summed E-state index contributed by atoms with van der Waals surface area (Å²) in [6.07, 6.45) is 2.12. The zero-order chi connectivity index (χ0) is 19.1. The van der Waals surface area contributed by atoms with Gasteiger partial charge in [-0.2, -0.15) is 0 Å². The summed E-state index contributed by atoms with van der Waals surface area (Å²) in [7, 11) is 1.48. The van der Waals surface area contributed by atoms with Crippen molar-refractivity contribution in [2.45, 2.75) is 32.1 Å². The number of hydrogen-bond acceptors (Lipinski definition) is 7. The highest BCUT2D eigenvalue weighted by Gasteiger charge is 2.28. The number of methoxy groups -OCH3 is 1. The fraction of sp³-hybridized carbons (Fsp3) is 0.333. The van der Waals surface area contributed by atoms with Crippen molar-refractivity contribution in [3.05, 3.63) is 43.7 Å². The van der Waals surface area contributed by atoms with E-state index < -0.39 is 5.63 Å². The molecule has 0 unspecified atom stereocenters. The summed E-state index contributed by atoms with van der Waals surface area (Å²) in [5.41, 5.74) is 0.738. The van der Waals surface area contributed by atoms with Crippen LogP contribution < -0.4 is 15.7 Å². The van der Waals surface area contributed by atoms with Gasteiger partial charge in [-0.15, -0.1) is 10.2 Å². The lowest BCUT2D eigenvalue weighted by atomic mass is 10.0. The second-order valence-electron chi connectivity index (χ2n) is 6.42. The van der Waals surface area contributed by atoms with Gasteiger partial charge in [0.2, 0.25) is 11.0 Å². The van der Waals surface area contributed by atoms with Crippen LogP contribution in [-0.2, 0) is 11.2 Å². The zero-order valence-electron chi connectivity index (χ0n) is 14.7. The number of carbonyl (C=O) groups excluding carboxylic acids is 1. The largest absolute Gasteiger partial charge is 0.495 e. The summed E-state index contributed by atoms with van der Waals surface area (Å²) in [6.45, 7) is 1.76. The van der Waals surface area contributed by atoms with Gasteiger partial charge in [0.05, 0.1) is 24.1 Å². The van der Waals surface area contributed by atoms with Crippen LogP contribution in [0.15, 0.2) is 21.3 Å². The second-order valence-corrected chi connectivity index (χ2v) is 7.84. The Hall–Kier alpha value is -2.45. The molecule has 1 fully saturated rings. The van der Waals surface area contributed by atoms with Crippen LogP contribution in [0.2, 0.25) is 5.02 Å². The summed E-state index contributed by atoms with van der Waals surface area (Å²) in [5.74, 6) is 0.549. The molecule has 1 saturated carbocycles. The van der Waals surface area contributed by atoms with Crippen molar-refractivity contribution < 1.29 is 13.9 Å². The second kappa shape index (κ2) is 6.94. The van der Waals surface area contributed by atoms with Crippen molar-refractivity contribution in [1.29, 1.82) is 0 Å². The summed E-state index contributed by atoms with van der Waals surface area (Å²) < 4.78 is 10.5. The van der Waals surface area contributed by atoms with Crippen LogP contribution in [0.4, 0.5) is 5.13 Å². The van der Waals surface area contributed by atoms with Gasteiger partial charge in [-0.25, -0.2) is 4.79 Å². The number of hydrogen-bond donors (Lipinski definition) is 1. The van der Waals surface area contributed by atoms with Crippen molar-refractivity contribution in [1.82, 2.24) is 10.2 Å². The highest BCUT2D eigenvalue weighted by atomic mass is 35.5. The van der Waals surface area contributed by atoms with E-state index in [1.54, 1.807) is 19.1 Å². The van der Waals surface area contributed by atoms with Crippen LogP contribution in [0, 0.1) is 6.92 Å². The molecule has 1 aliphatic rings. The van der Waals surface area contributed by atoms with Crippen molar-refractivity contribution >= 4 is 44.9 Å². The van der Waals surface area contributed by atoms with E-state index in [1.807, 2.05) is 0 Å². The molecule has 0 saturated heterocycles. The normalized spacial score (nSPS) is 13.7. The number of anilines is 1. The third kappa shape index (κ3) is 3.54. The number of rotatable bonds is 5. The molecule has 0 radical (unpaired) electrons. The lowest BCUT2D eigenvalue weighted by molar-refractivity contribution is -0.115. The van der Waals surface area contributed by atoms with E-state index in [4.69, 9.17) is 20.8 Å². The van der Waals surface area contributed by atoms with E-state index >= 15 is 0 Å². The van der Waals surface area contributed by atoms with Crippen LogP contribution >= 0.6 is 22.9 Å². The smallest absolute Gasteiger partial charge is 0.340 e. The number of fused-ring (bicyclic) bond motifs is 1. The van der Waals surface area contributed by atoms with Crippen molar-refractivity contribution in [3.63, 3.8) is 0 Å². The topological polar surface area (TPSA) is 94.3 Å². The Kier molecular flexibility index (Phi) is 4.61. The molecule has 3 aromatic rings. The third-order valence-electron chi connectivity index (χ3n) is 4.51. The molecule has 140 valence electrons. The average molecular weight is 406 g/mol. The van der Waals surface area contributed by atoms with E-state index in [2.05, 4.69) is 15.5 Å². The molecule has 7 nitrogen and oxygen atoms in total. The SMILES string of the molecule is COc1cc2oc(=O)c(CC(=O)Nc3nnc(C4CC4)s3)c(C)c2cc1Cl. The molecule has 1 N–H and O–H groups in total. The number of nitrogens with one attached hydrogen (secondary N) is 1. The van der Waals surface area contributed by atoms with Crippen LogP contribution in [0.25, 0.3) is 11.0 Å².